The van der Waals surface area contributed by atoms with Crippen LogP contribution in [0.2, 0.25) is 0 Å². The zero-order chi connectivity index (χ0) is 33.0. The van der Waals surface area contributed by atoms with Crippen LogP contribution < -0.4 is 0 Å². The second-order valence-electron chi connectivity index (χ2n) is 12.9. The molecule has 0 saturated heterocycles. The highest BCUT2D eigenvalue weighted by Crippen LogP contribution is 2.45. The van der Waals surface area contributed by atoms with Gasteiger partial charge in [-0.2, -0.15) is 0 Å². The number of hydrogen-bond donors (Lipinski definition) is 0. The standard InChI is InChI=1S/C48H32N2/c1-4-17-33(18-5-1)36-25-16-32-45(46(36)34-19-6-2-7-20-34)50-44-31-13-11-24-38(44)40-27-15-29-42(48(40)50)41-28-14-26-39-37-23-10-12-30-43(37)49(47(39)41)35-21-8-3-9-22-35/h1-32H. The molecule has 0 fully saturated rings. The average Bonchev–Trinajstić information content (AvgIpc) is 3.72. The zero-order valence-electron chi connectivity index (χ0n) is 27.4. The summed E-state index contributed by atoms with van der Waals surface area (Å²) < 4.78 is 4.96. The Morgan fingerprint density at radius 2 is 0.720 bits per heavy atom. The predicted molar refractivity (Wildman–Crippen MR) is 211 cm³/mol. The van der Waals surface area contributed by atoms with Gasteiger partial charge in [0.25, 0.3) is 0 Å². The zero-order valence-corrected chi connectivity index (χ0v) is 27.4. The summed E-state index contributed by atoms with van der Waals surface area (Å²) in [6.45, 7) is 0. The Labute approximate surface area is 290 Å². The van der Waals surface area contributed by atoms with Gasteiger partial charge in [0.2, 0.25) is 0 Å². The van der Waals surface area contributed by atoms with Gasteiger partial charge in [0.15, 0.2) is 0 Å². The Morgan fingerprint density at radius 3 is 1.34 bits per heavy atom. The fraction of sp³-hybridized carbons (Fsp3) is 0. The maximum Gasteiger partial charge on any atom is 0.0620 e. The lowest BCUT2D eigenvalue weighted by Crippen LogP contribution is -2.01. The summed E-state index contributed by atoms with van der Waals surface area (Å²) in [4.78, 5) is 0. The van der Waals surface area contributed by atoms with Crippen LogP contribution >= 0.6 is 0 Å². The van der Waals surface area contributed by atoms with Crippen molar-refractivity contribution in [2.24, 2.45) is 0 Å². The van der Waals surface area contributed by atoms with Crippen LogP contribution in [-0.4, -0.2) is 9.13 Å². The Morgan fingerprint density at radius 1 is 0.280 bits per heavy atom. The number of fused-ring (bicyclic) bond motifs is 6. The summed E-state index contributed by atoms with van der Waals surface area (Å²) in [5.74, 6) is 0. The summed E-state index contributed by atoms with van der Waals surface area (Å²) in [5.41, 5.74) is 14.3. The fourth-order valence-electron chi connectivity index (χ4n) is 8.06. The SMILES string of the molecule is c1ccc(-c2cccc(-n3c4ccccc4c4cccc(-c5cccc6c7ccccc7n(-c7ccccc7)c56)c43)c2-c2ccccc2)cc1. The van der Waals surface area contributed by atoms with E-state index in [0.717, 1.165) is 11.4 Å². The van der Waals surface area contributed by atoms with Crippen LogP contribution in [0.25, 0.3) is 88.4 Å². The van der Waals surface area contributed by atoms with E-state index >= 15 is 0 Å². The molecule has 0 aliphatic heterocycles. The molecular weight excluding hydrogens is 605 g/mol. The number of para-hydroxylation sites is 5. The molecule has 0 atom stereocenters. The summed E-state index contributed by atoms with van der Waals surface area (Å²) in [5, 5.41) is 4.98. The Kier molecular flexibility index (Phi) is 6.53. The van der Waals surface area contributed by atoms with Gasteiger partial charge >= 0.3 is 0 Å². The van der Waals surface area contributed by atoms with Crippen LogP contribution in [0.5, 0.6) is 0 Å². The molecule has 0 amide bonds. The second kappa shape index (κ2) is 11.5. The van der Waals surface area contributed by atoms with Crippen molar-refractivity contribution in [3.8, 4) is 44.8 Å². The highest BCUT2D eigenvalue weighted by molar-refractivity contribution is 6.19. The molecule has 8 aromatic carbocycles. The van der Waals surface area contributed by atoms with Gasteiger partial charge in [-0.3, -0.25) is 0 Å². The molecule has 2 nitrogen and oxygen atoms in total. The number of hydrogen-bond acceptors (Lipinski definition) is 0. The minimum atomic E-state index is 1.15. The third-order valence-electron chi connectivity index (χ3n) is 10.1. The fourth-order valence-corrected chi connectivity index (χ4v) is 8.06. The van der Waals surface area contributed by atoms with E-state index in [4.69, 9.17) is 0 Å². The van der Waals surface area contributed by atoms with Gasteiger partial charge < -0.3 is 9.13 Å². The van der Waals surface area contributed by atoms with Crippen LogP contribution in [0.15, 0.2) is 194 Å². The van der Waals surface area contributed by atoms with Crippen molar-refractivity contribution in [2.75, 3.05) is 0 Å². The van der Waals surface area contributed by atoms with Gasteiger partial charge in [-0.15, -0.1) is 0 Å². The average molecular weight is 637 g/mol. The Balaban J connectivity index is 1.37. The molecule has 234 valence electrons. The lowest BCUT2D eigenvalue weighted by atomic mass is 9.92. The van der Waals surface area contributed by atoms with Crippen molar-refractivity contribution in [1.29, 1.82) is 0 Å². The van der Waals surface area contributed by atoms with E-state index in [1.807, 2.05) is 0 Å². The molecule has 2 heterocycles. The summed E-state index contributed by atoms with van der Waals surface area (Å²) in [6, 6.07) is 70.4. The predicted octanol–water partition coefficient (Wildman–Crippen LogP) is 12.9. The van der Waals surface area contributed by atoms with E-state index in [0.29, 0.717) is 0 Å². The summed E-state index contributed by atoms with van der Waals surface area (Å²) >= 11 is 0. The highest BCUT2D eigenvalue weighted by atomic mass is 15.0. The largest absolute Gasteiger partial charge is 0.309 e. The molecule has 0 N–H and O–H groups in total. The third kappa shape index (κ3) is 4.29. The molecule has 0 spiro atoms. The Bertz CT molecular complexity index is 2840. The molecule has 0 radical (unpaired) electrons. The Hall–Kier alpha value is -6.64. The number of rotatable bonds is 5. The van der Waals surface area contributed by atoms with E-state index in [1.165, 1.54) is 77.0 Å². The van der Waals surface area contributed by atoms with Crippen molar-refractivity contribution < 1.29 is 0 Å². The van der Waals surface area contributed by atoms with E-state index in [1.54, 1.807) is 0 Å². The van der Waals surface area contributed by atoms with Crippen LogP contribution in [0, 0.1) is 0 Å². The maximum absolute atomic E-state index is 2.52. The number of aromatic nitrogens is 2. The quantitative estimate of drug-likeness (QED) is 0.178. The van der Waals surface area contributed by atoms with Crippen LogP contribution in [-0.2, 0) is 0 Å². The summed E-state index contributed by atoms with van der Waals surface area (Å²) in [7, 11) is 0. The third-order valence-corrected chi connectivity index (χ3v) is 10.1. The van der Waals surface area contributed by atoms with E-state index in [9.17, 15) is 0 Å². The van der Waals surface area contributed by atoms with Crippen molar-refractivity contribution in [3.05, 3.63) is 194 Å². The topological polar surface area (TPSA) is 9.86 Å². The lowest BCUT2D eigenvalue weighted by Gasteiger charge is -2.20. The molecule has 10 aromatic rings. The maximum atomic E-state index is 2.52. The lowest BCUT2D eigenvalue weighted by molar-refractivity contribution is 1.17. The first-order chi connectivity index (χ1) is 24.9. The van der Waals surface area contributed by atoms with Gasteiger partial charge in [-0.05, 0) is 47.0 Å². The molecule has 50 heavy (non-hydrogen) atoms. The smallest absolute Gasteiger partial charge is 0.0620 e. The molecular formula is C48H32N2. The normalized spacial score (nSPS) is 11.6. The van der Waals surface area contributed by atoms with Crippen molar-refractivity contribution in [1.82, 2.24) is 9.13 Å². The minimum absolute atomic E-state index is 1.15. The molecule has 10 rings (SSSR count). The first-order valence-corrected chi connectivity index (χ1v) is 17.2. The number of nitrogens with zero attached hydrogens (tertiary/aromatic N) is 2. The molecule has 0 saturated carbocycles. The molecule has 0 aliphatic carbocycles. The van der Waals surface area contributed by atoms with Gasteiger partial charge in [-0.25, -0.2) is 0 Å². The van der Waals surface area contributed by atoms with Gasteiger partial charge in [-0.1, -0.05) is 164 Å². The monoisotopic (exact) mass is 636 g/mol. The van der Waals surface area contributed by atoms with Gasteiger partial charge in [0, 0.05) is 43.9 Å². The first-order valence-electron chi connectivity index (χ1n) is 17.2. The van der Waals surface area contributed by atoms with Crippen LogP contribution in [0.4, 0.5) is 0 Å². The van der Waals surface area contributed by atoms with Crippen LogP contribution in [0.3, 0.4) is 0 Å². The van der Waals surface area contributed by atoms with Crippen LogP contribution in [0.1, 0.15) is 0 Å². The second-order valence-corrected chi connectivity index (χ2v) is 12.9. The van der Waals surface area contributed by atoms with E-state index < -0.39 is 0 Å². The minimum Gasteiger partial charge on any atom is -0.309 e. The molecule has 0 aliphatic rings. The van der Waals surface area contributed by atoms with E-state index in [2.05, 4.69) is 203 Å². The summed E-state index contributed by atoms with van der Waals surface area (Å²) in [6.07, 6.45) is 0. The van der Waals surface area contributed by atoms with E-state index in [-0.39, 0.29) is 0 Å². The molecule has 0 bridgehead atoms. The number of benzene rings is 8. The molecule has 0 unspecified atom stereocenters. The van der Waals surface area contributed by atoms with Gasteiger partial charge in [0.1, 0.15) is 0 Å². The highest BCUT2D eigenvalue weighted by Gasteiger charge is 2.23. The van der Waals surface area contributed by atoms with Crippen molar-refractivity contribution in [3.63, 3.8) is 0 Å². The van der Waals surface area contributed by atoms with Crippen molar-refractivity contribution in [2.45, 2.75) is 0 Å². The first kappa shape index (κ1) is 28.4. The molecule has 2 heteroatoms. The van der Waals surface area contributed by atoms with Crippen molar-refractivity contribution >= 4 is 43.6 Å². The molecule has 2 aromatic heterocycles. The van der Waals surface area contributed by atoms with Gasteiger partial charge in [0.05, 0.1) is 27.8 Å².